The Morgan fingerprint density at radius 2 is 2.00 bits per heavy atom. The minimum absolute atomic E-state index is 0.353. The summed E-state index contributed by atoms with van der Waals surface area (Å²) in [5.41, 5.74) is 2.30. The molecule has 1 aromatic carbocycles. The summed E-state index contributed by atoms with van der Waals surface area (Å²) in [4.78, 5) is 23.1. The van der Waals surface area contributed by atoms with Gasteiger partial charge in [-0.2, -0.15) is 0 Å². The Morgan fingerprint density at radius 3 is 2.80 bits per heavy atom. The third kappa shape index (κ3) is 2.14. The normalized spacial score (nSPS) is 10.7. The Morgan fingerprint density at radius 1 is 1.20 bits per heavy atom. The van der Waals surface area contributed by atoms with Gasteiger partial charge in [0.05, 0.1) is 5.69 Å². The predicted octanol–water partition coefficient (Wildman–Crippen LogP) is 2.86. The van der Waals surface area contributed by atoms with Crippen LogP contribution in [0, 0.1) is 6.92 Å². The van der Waals surface area contributed by atoms with Gasteiger partial charge < -0.3 is 9.72 Å². The van der Waals surface area contributed by atoms with Crippen LogP contribution in [0.15, 0.2) is 36.5 Å². The zero-order valence-electron chi connectivity index (χ0n) is 11.2. The van der Waals surface area contributed by atoms with Crippen molar-refractivity contribution in [2.45, 2.75) is 13.8 Å². The highest BCUT2D eigenvalue weighted by molar-refractivity contribution is 5.93. The second-order valence-corrected chi connectivity index (χ2v) is 4.45. The molecule has 0 saturated carbocycles. The van der Waals surface area contributed by atoms with Gasteiger partial charge >= 0.3 is 5.97 Å². The summed E-state index contributed by atoms with van der Waals surface area (Å²) in [6.45, 7) is 3.21. The molecule has 0 aliphatic heterocycles. The van der Waals surface area contributed by atoms with Crippen LogP contribution in [0.3, 0.4) is 0 Å². The van der Waals surface area contributed by atoms with E-state index in [2.05, 4.69) is 15.0 Å². The van der Waals surface area contributed by atoms with E-state index in [0.717, 1.165) is 22.3 Å². The number of esters is 1. The zero-order valence-corrected chi connectivity index (χ0v) is 11.2. The van der Waals surface area contributed by atoms with Crippen molar-refractivity contribution in [3.8, 4) is 17.0 Å². The molecule has 0 spiro atoms. The Kier molecular flexibility index (Phi) is 2.95. The lowest BCUT2D eigenvalue weighted by Gasteiger charge is -2.09. The maximum absolute atomic E-state index is 11.2. The SMILES string of the molecule is CC(=O)Oc1ccccc1-c1nc(C)nc2[nH]ccc12. The molecular weight excluding hydrogens is 254 g/mol. The van der Waals surface area contributed by atoms with Crippen LogP contribution in [0.1, 0.15) is 12.7 Å². The third-order valence-corrected chi connectivity index (χ3v) is 2.92. The quantitative estimate of drug-likeness (QED) is 0.572. The Bertz CT molecular complexity index is 793. The van der Waals surface area contributed by atoms with Crippen molar-refractivity contribution in [2.75, 3.05) is 0 Å². The topological polar surface area (TPSA) is 67.9 Å². The van der Waals surface area contributed by atoms with Gasteiger partial charge in [-0.15, -0.1) is 0 Å². The van der Waals surface area contributed by atoms with E-state index in [0.29, 0.717) is 11.6 Å². The number of aromatic amines is 1. The predicted molar refractivity (Wildman–Crippen MR) is 75.4 cm³/mol. The van der Waals surface area contributed by atoms with Crippen LogP contribution >= 0.6 is 0 Å². The molecule has 100 valence electrons. The number of rotatable bonds is 2. The van der Waals surface area contributed by atoms with E-state index in [1.807, 2.05) is 37.4 Å². The summed E-state index contributed by atoms with van der Waals surface area (Å²) < 4.78 is 5.26. The lowest BCUT2D eigenvalue weighted by Crippen LogP contribution is -2.03. The molecule has 2 aromatic heterocycles. The number of nitrogens with one attached hydrogen (secondary N) is 1. The van der Waals surface area contributed by atoms with E-state index >= 15 is 0 Å². The molecular formula is C15H13N3O2. The molecule has 20 heavy (non-hydrogen) atoms. The molecule has 5 nitrogen and oxygen atoms in total. The summed E-state index contributed by atoms with van der Waals surface area (Å²) in [6, 6.07) is 9.26. The van der Waals surface area contributed by atoms with Gasteiger partial charge in [-0.25, -0.2) is 9.97 Å². The lowest BCUT2D eigenvalue weighted by atomic mass is 10.1. The highest BCUT2D eigenvalue weighted by atomic mass is 16.5. The molecule has 0 amide bonds. The zero-order chi connectivity index (χ0) is 14.1. The van der Waals surface area contributed by atoms with Crippen LogP contribution in [0.25, 0.3) is 22.3 Å². The molecule has 0 aliphatic rings. The number of carbonyl (C=O) groups is 1. The van der Waals surface area contributed by atoms with E-state index in [9.17, 15) is 4.79 Å². The van der Waals surface area contributed by atoms with Crippen molar-refractivity contribution in [1.82, 2.24) is 15.0 Å². The van der Waals surface area contributed by atoms with E-state index in [1.54, 1.807) is 6.07 Å². The molecule has 0 bridgehead atoms. The van der Waals surface area contributed by atoms with Crippen molar-refractivity contribution in [3.63, 3.8) is 0 Å². The number of aryl methyl sites for hydroxylation is 1. The molecule has 1 N–H and O–H groups in total. The number of ether oxygens (including phenoxy) is 1. The van der Waals surface area contributed by atoms with Gasteiger partial charge in [0.15, 0.2) is 0 Å². The fourth-order valence-corrected chi connectivity index (χ4v) is 2.16. The van der Waals surface area contributed by atoms with E-state index in [4.69, 9.17) is 4.74 Å². The molecule has 3 aromatic rings. The number of para-hydroxylation sites is 1. The van der Waals surface area contributed by atoms with Crippen molar-refractivity contribution in [2.24, 2.45) is 0 Å². The first-order chi connectivity index (χ1) is 9.65. The number of benzene rings is 1. The number of fused-ring (bicyclic) bond motifs is 1. The van der Waals surface area contributed by atoms with Gasteiger partial charge in [0.2, 0.25) is 0 Å². The van der Waals surface area contributed by atoms with Crippen molar-refractivity contribution < 1.29 is 9.53 Å². The smallest absolute Gasteiger partial charge is 0.308 e. The van der Waals surface area contributed by atoms with Crippen molar-refractivity contribution >= 4 is 17.0 Å². The molecule has 0 fully saturated rings. The first-order valence-electron chi connectivity index (χ1n) is 6.24. The van der Waals surface area contributed by atoms with Crippen LogP contribution in [0.2, 0.25) is 0 Å². The first kappa shape index (κ1) is 12.3. The monoisotopic (exact) mass is 267 g/mol. The Balaban J connectivity index is 2.25. The molecule has 5 heteroatoms. The highest BCUT2D eigenvalue weighted by Gasteiger charge is 2.14. The Hall–Kier alpha value is -2.69. The van der Waals surface area contributed by atoms with Gasteiger partial charge in [-0.1, -0.05) is 12.1 Å². The number of carbonyl (C=O) groups excluding carboxylic acids is 1. The molecule has 0 atom stereocenters. The van der Waals surface area contributed by atoms with Gasteiger partial charge in [0.25, 0.3) is 0 Å². The molecule has 0 saturated heterocycles. The first-order valence-corrected chi connectivity index (χ1v) is 6.24. The molecule has 3 rings (SSSR count). The minimum atomic E-state index is -0.353. The fraction of sp³-hybridized carbons (Fsp3) is 0.133. The van der Waals surface area contributed by atoms with Gasteiger partial charge in [-0.05, 0) is 25.1 Å². The Labute approximate surface area is 115 Å². The van der Waals surface area contributed by atoms with E-state index in [1.165, 1.54) is 6.92 Å². The maximum atomic E-state index is 11.2. The molecule has 0 aliphatic carbocycles. The molecule has 0 radical (unpaired) electrons. The van der Waals surface area contributed by atoms with E-state index < -0.39 is 0 Å². The van der Waals surface area contributed by atoms with Crippen LogP contribution in [-0.2, 0) is 4.79 Å². The largest absolute Gasteiger partial charge is 0.426 e. The second-order valence-electron chi connectivity index (χ2n) is 4.45. The number of hydrogen-bond donors (Lipinski definition) is 1. The van der Waals surface area contributed by atoms with Gasteiger partial charge in [-0.3, -0.25) is 4.79 Å². The summed E-state index contributed by atoms with van der Waals surface area (Å²) in [7, 11) is 0. The summed E-state index contributed by atoms with van der Waals surface area (Å²) >= 11 is 0. The molecule has 2 heterocycles. The number of nitrogens with zero attached hydrogens (tertiary/aromatic N) is 2. The fourth-order valence-electron chi connectivity index (χ4n) is 2.16. The lowest BCUT2D eigenvalue weighted by molar-refractivity contribution is -0.131. The maximum Gasteiger partial charge on any atom is 0.308 e. The van der Waals surface area contributed by atoms with Crippen LogP contribution in [0.5, 0.6) is 5.75 Å². The van der Waals surface area contributed by atoms with Gasteiger partial charge in [0.1, 0.15) is 17.2 Å². The number of H-pyrrole nitrogens is 1. The number of hydrogen-bond acceptors (Lipinski definition) is 4. The highest BCUT2D eigenvalue weighted by Crippen LogP contribution is 2.32. The van der Waals surface area contributed by atoms with Crippen LogP contribution < -0.4 is 4.74 Å². The van der Waals surface area contributed by atoms with Crippen LogP contribution in [0.4, 0.5) is 0 Å². The molecule has 0 unspecified atom stereocenters. The number of aromatic nitrogens is 3. The average Bonchev–Trinajstić information content (AvgIpc) is 2.86. The van der Waals surface area contributed by atoms with Gasteiger partial charge in [0, 0.05) is 24.1 Å². The minimum Gasteiger partial charge on any atom is -0.426 e. The third-order valence-electron chi connectivity index (χ3n) is 2.92. The summed E-state index contributed by atoms with van der Waals surface area (Å²) in [6.07, 6.45) is 1.82. The van der Waals surface area contributed by atoms with Crippen molar-refractivity contribution in [3.05, 3.63) is 42.4 Å². The van der Waals surface area contributed by atoms with Crippen LogP contribution in [-0.4, -0.2) is 20.9 Å². The summed E-state index contributed by atoms with van der Waals surface area (Å²) in [5, 5.41) is 0.898. The second kappa shape index (κ2) is 4.77. The average molecular weight is 267 g/mol. The standard InChI is InChI=1S/C15H13N3O2/c1-9-17-14(12-7-8-16-15(12)18-9)11-5-3-4-6-13(11)20-10(2)19/h3-8H,1-2H3,(H,16,17,18). The summed E-state index contributed by atoms with van der Waals surface area (Å²) in [5.74, 6) is 0.807. The van der Waals surface area contributed by atoms with E-state index in [-0.39, 0.29) is 5.97 Å². The van der Waals surface area contributed by atoms with Crippen molar-refractivity contribution in [1.29, 1.82) is 0 Å².